The van der Waals surface area contributed by atoms with E-state index in [0.29, 0.717) is 18.4 Å². The van der Waals surface area contributed by atoms with E-state index in [1.165, 1.54) is 16.5 Å². The number of amides is 2. The van der Waals surface area contributed by atoms with Gasteiger partial charge in [0, 0.05) is 36.1 Å². The highest BCUT2D eigenvalue weighted by atomic mass is 16.2. The lowest BCUT2D eigenvalue weighted by Gasteiger charge is -2.35. The molecule has 0 saturated carbocycles. The Balaban J connectivity index is 2.14. The van der Waals surface area contributed by atoms with Crippen molar-refractivity contribution in [1.82, 2.24) is 4.57 Å². The second kappa shape index (κ2) is 8.17. The zero-order valence-electron chi connectivity index (χ0n) is 19.4. The maximum atomic E-state index is 12.8. The average Bonchev–Trinajstić information content (AvgIpc) is 3.03. The van der Waals surface area contributed by atoms with Crippen molar-refractivity contribution >= 4 is 22.6 Å². The van der Waals surface area contributed by atoms with E-state index in [1.807, 2.05) is 0 Å². The number of aryl methyl sites for hydroxylation is 1. The monoisotopic (exact) mass is 405 g/mol. The van der Waals surface area contributed by atoms with Crippen LogP contribution in [-0.4, -0.2) is 17.1 Å². The van der Waals surface area contributed by atoms with Crippen LogP contribution < -0.4 is 10.6 Å². The molecule has 30 heavy (non-hydrogen) atoms. The first-order chi connectivity index (χ1) is 14.0. The van der Waals surface area contributed by atoms with Gasteiger partial charge in [-0.15, -0.1) is 0 Å². The van der Waals surface area contributed by atoms with Crippen molar-refractivity contribution in [1.29, 1.82) is 0 Å². The maximum absolute atomic E-state index is 12.8. The molecular weight excluding hydrogens is 370 g/mol. The topological polar surface area (TPSA) is 51.3 Å². The third-order valence-electron chi connectivity index (χ3n) is 6.06. The number of primary amides is 1. The third kappa shape index (κ3) is 3.96. The number of urea groups is 1. The number of carbonyl (C=O) groups excluding carboxylic acids is 1. The molecule has 0 bridgehead atoms. The summed E-state index contributed by atoms with van der Waals surface area (Å²) < 4.78 is 2.16. The second-order valence-corrected chi connectivity index (χ2v) is 9.57. The highest BCUT2D eigenvalue weighted by Crippen LogP contribution is 2.39. The molecule has 160 valence electrons. The number of anilines is 1. The summed E-state index contributed by atoms with van der Waals surface area (Å²) in [4.78, 5) is 14.6. The molecule has 3 rings (SSSR count). The van der Waals surface area contributed by atoms with E-state index in [9.17, 15) is 4.79 Å². The van der Waals surface area contributed by atoms with Gasteiger partial charge in [-0.25, -0.2) is 4.79 Å². The number of aromatic nitrogens is 1. The fourth-order valence-corrected chi connectivity index (χ4v) is 4.45. The van der Waals surface area contributed by atoms with E-state index in [2.05, 4.69) is 102 Å². The Labute approximate surface area is 180 Å². The van der Waals surface area contributed by atoms with Gasteiger partial charge in [0.1, 0.15) is 0 Å². The molecule has 4 nitrogen and oxygen atoms in total. The number of nitrogens with zero attached hydrogens (tertiary/aromatic N) is 2. The van der Waals surface area contributed by atoms with Crippen LogP contribution >= 0.6 is 0 Å². The molecule has 0 saturated heterocycles. The van der Waals surface area contributed by atoms with Crippen LogP contribution in [0.3, 0.4) is 0 Å². The standard InChI is InChI=1S/C26H35N3O/c1-17(2)19-12-10-13-20(18(3)4)24(19)29(25(27)30)16-26(5,6)22-15-28(7)23-14-9-8-11-21(22)23/h8-15,17-18H,16H2,1-7H3,(H2,27,30). The van der Waals surface area contributed by atoms with Gasteiger partial charge < -0.3 is 10.3 Å². The zero-order chi connectivity index (χ0) is 22.2. The third-order valence-corrected chi connectivity index (χ3v) is 6.06. The summed E-state index contributed by atoms with van der Waals surface area (Å²) in [6, 6.07) is 14.3. The number of para-hydroxylation sites is 2. The van der Waals surface area contributed by atoms with Crippen LogP contribution in [0, 0.1) is 0 Å². The first-order valence-corrected chi connectivity index (χ1v) is 10.8. The normalized spacial score (nSPS) is 12.2. The largest absolute Gasteiger partial charge is 0.351 e. The SMILES string of the molecule is CC(C)c1cccc(C(C)C)c1N(CC(C)(C)c1cn(C)c2ccccc12)C(N)=O. The fourth-order valence-electron chi connectivity index (χ4n) is 4.45. The van der Waals surface area contributed by atoms with E-state index in [4.69, 9.17) is 5.73 Å². The molecule has 1 aromatic heterocycles. The van der Waals surface area contributed by atoms with Crippen LogP contribution in [0.2, 0.25) is 0 Å². The molecule has 0 spiro atoms. The number of rotatable bonds is 6. The van der Waals surface area contributed by atoms with E-state index < -0.39 is 6.03 Å². The van der Waals surface area contributed by atoms with Crippen molar-refractivity contribution in [2.24, 2.45) is 12.8 Å². The molecule has 0 aliphatic carbocycles. The number of benzene rings is 2. The minimum absolute atomic E-state index is 0.283. The van der Waals surface area contributed by atoms with Crippen LogP contribution in [0.15, 0.2) is 48.7 Å². The van der Waals surface area contributed by atoms with E-state index >= 15 is 0 Å². The number of nitrogens with two attached hydrogens (primary N) is 1. The summed E-state index contributed by atoms with van der Waals surface area (Å²) in [5.41, 5.74) is 11.4. The summed E-state index contributed by atoms with van der Waals surface area (Å²) >= 11 is 0. The van der Waals surface area contributed by atoms with Gasteiger partial charge in [0.25, 0.3) is 0 Å². The van der Waals surface area contributed by atoms with Gasteiger partial charge in [0.15, 0.2) is 0 Å². The summed E-state index contributed by atoms with van der Waals surface area (Å²) in [6.45, 7) is 13.6. The summed E-state index contributed by atoms with van der Waals surface area (Å²) in [5.74, 6) is 0.586. The number of hydrogen-bond donors (Lipinski definition) is 1. The van der Waals surface area contributed by atoms with Crippen molar-refractivity contribution in [3.05, 3.63) is 65.4 Å². The smallest absolute Gasteiger partial charge is 0.319 e. The Morgan fingerprint density at radius 1 is 1.00 bits per heavy atom. The van der Waals surface area contributed by atoms with E-state index in [1.54, 1.807) is 4.90 Å². The first kappa shape index (κ1) is 21.9. The van der Waals surface area contributed by atoms with Gasteiger partial charge in [-0.3, -0.25) is 4.90 Å². The van der Waals surface area contributed by atoms with E-state index in [0.717, 1.165) is 16.8 Å². The van der Waals surface area contributed by atoms with Crippen molar-refractivity contribution < 1.29 is 4.79 Å². The van der Waals surface area contributed by atoms with E-state index in [-0.39, 0.29) is 5.41 Å². The van der Waals surface area contributed by atoms with Crippen LogP contribution in [0.5, 0.6) is 0 Å². The van der Waals surface area contributed by atoms with Crippen LogP contribution in [-0.2, 0) is 12.5 Å². The fraction of sp³-hybridized carbons (Fsp3) is 0.423. The molecule has 0 aliphatic rings. The van der Waals surface area contributed by atoms with Gasteiger partial charge in [-0.1, -0.05) is 77.9 Å². The highest BCUT2D eigenvalue weighted by molar-refractivity contribution is 5.93. The van der Waals surface area contributed by atoms with Gasteiger partial charge in [0.05, 0.1) is 5.69 Å². The van der Waals surface area contributed by atoms with Crippen LogP contribution in [0.1, 0.15) is 70.1 Å². The van der Waals surface area contributed by atoms with Crippen LogP contribution in [0.4, 0.5) is 10.5 Å². The molecule has 4 heteroatoms. The lowest BCUT2D eigenvalue weighted by atomic mass is 9.83. The van der Waals surface area contributed by atoms with Crippen LogP contribution in [0.25, 0.3) is 10.9 Å². The molecule has 2 aromatic carbocycles. The second-order valence-electron chi connectivity index (χ2n) is 9.57. The highest BCUT2D eigenvalue weighted by Gasteiger charge is 2.32. The molecular formula is C26H35N3O. The van der Waals surface area contributed by atoms with Crippen molar-refractivity contribution in [3.8, 4) is 0 Å². The molecule has 0 aliphatic heterocycles. The molecule has 0 unspecified atom stereocenters. The Morgan fingerprint density at radius 3 is 2.10 bits per heavy atom. The lowest BCUT2D eigenvalue weighted by Crippen LogP contribution is -2.45. The predicted molar refractivity (Wildman–Crippen MR) is 127 cm³/mol. The zero-order valence-corrected chi connectivity index (χ0v) is 19.4. The Morgan fingerprint density at radius 2 is 1.57 bits per heavy atom. The van der Waals surface area contributed by atoms with Gasteiger partial charge in [-0.2, -0.15) is 0 Å². The molecule has 2 amide bonds. The number of fused-ring (bicyclic) bond motifs is 1. The molecule has 0 atom stereocenters. The Hall–Kier alpha value is -2.75. The molecule has 2 N–H and O–H groups in total. The van der Waals surface area contributed by atoms with Gasteiger partial charge in [0.2, 0.25) is 0 Å². The summed E-state index contributed by atoms with van der Waals surface area (Å²) in [6.07, 6.45) is 2.18. The lowest BCUT2D eigenvalue weighted by molar-refractivity contribution is 0.252. The van der Waals surface area contributed by atoms with Gasteiger partial charge >= 0.3 is 6.03 Å². The predicted octanol–water partition coefficient (Wildman–Crippen LogP) is 6.29. The maximum Gasteiger partial charge on any atom is 0.319 e. The Kier molecular flexibility index (Phi) is 5.98. The minimum Gasteiger partial charge on any atom is -0.351 e. The number of carbonyl (C=O) groups is 1. The molecule has 0 fully saturated rings. The van der Waals surface area contributed by atoms with Gasteiger partial charge in [-0.05, 0) is 34.6 Å². The summed E-state index contributed by atoms with van der Waals surface area (Å²) in [5, 5.41) is 1.22. The minimum atomic E-state index is -0.404. The number of hydrogen-bond acceptors (Lipinski definition) is 1. The van der Waals surface area contributed by atoms with Crippen molar-refractivity contribution in [3.63, 3.8) is 0 Å². The van der Waals surface area contributed by atoms with Crippen molar-refractivity contribution in [2.75, 3.05) is 11.4 Å². The average molecular weight is 406 g/mol. The molecule has 1 heterocycles. The molecule has 3 aromatic rings. The summed E-state index contributed by atoms with van der Waals surface area (Å²) in [7, 11) is 2.07. The molecule has 0 radical (unpaired) electrons. The Bertz CT molecular complexity index is 1030. The first-order valence-electron chi connectivity index (χ1n) is 10.8. The van der Waals surface area contributed by atoms with Crippen molar-refractivity contribution in [2.45, 2.75) is 58.8 Å². The quantitative estimate of drug-likeness (QED) is 0.515.